The number of carbonyl (C=O) groups excluding carboxylic acids is 2. The maximum atomic E-state index is 12.5. The Labute approximate surface area is 151 Å². The van der Waals surface area contributed by atoms with Crippen molar-refractivity contribution in [2.75, 3.05) is 4.90 Å². The van der Waals surface area contributed by atoms with Crippen LogP contribution >= 0.6 is 46.6 Å². The zero-order chi connectivity index (χ0) is 16.6. The standard InChI is InChI=1S/C16H8Cl3NO2S/c17-9-3-1-4-10(7-9)20-15(21)14(23-16(20)22)8-11-12(18)5-2-6-13(11)19/h1-8H/b14-8-. The van der Waals surface area contributed by atoms with Crippen molar-refractivity contribution in [3.05, 3.63) is 68.0 Å². The fraction of sp³-hybridized carbons (Fsp3) is 0. The van der Waals surface area contributed by atoms with E-state index in [4.69, 9.17) is 34.8 Å². The van der Waals surface area contributed by atoms with Crippen LogP contribution in [0, 0.1) is 0 Å². The van der Waals surface area contributed by atoms with Gasteiger partial charge < -0.3 is 0 Å². The maximum Gasteiger partial charge on any atom is 0.298 e. The summed E-state index contributed by atoms with van der Waals surface area (Å²) in [5.41, 5.74) is 0.932. The fourth-order valence-electron chi connectivity index (χ4n) is 2.09. The number of anilines is 1. The van der Waals surface area contributed by atoms with E-state index in [1.165, 1.54) is 6.08 Å². The summed E-state index contributed by atoms with van der Waals surface area (Å²) in [5, 5.41) is 0.866. The summed E-state index contributed by atoms with van der Waals surface area (Å²) < 4.78 is 0. The highest BCUT2D eigenvalue weighted by Crippen LogP contribution is 2.38. The lowest BCUT2D eigenvalue weighted by Gasteiger charge is -2.12. The molecule has 0 saturated carbocycles. The van der Waals surface area contributed by atoms with Gasteiger partial charge in [-0.2, -0.15) is 0 Å². The molecule has 7 heteroatoms. The molecular formula is C16H8Cl3NO2S. The first-order chi connectivity index (χ1) is 11.0. The predicted molar refractivity (Wildman–Crippen MR) is 96.4 cm³/mol. The largest absolute Gasteiger partial charge is 0.298 e. The molecule has 0 aromatic heterocycles. The Balaban J connectivity index is 2.00. The molecule has 2 aromatic carbocycles. The normalized spacial score (nSPS) is 16.5. The zero-order valence-corrected chi connectivity index (χ0v) is 14.5. The molecule has 0 aliphatic carbocycles. The number of nitrogens with zero attached hydrogens (tertiary/aromatic N) is 1. The quantitative estimate of drug-likeness (QED) is 0.606. The first-order valence-electron chi connectivity index (χ1n) is 6.45. The number of rotatable bonds is 2. The second-order valence-electron chi connectivity index (χ2n) is 4.63. The molecule has 0 unspecified atom stereocenters. The van der Waals surface area contributed by atoms with Crippen LogP contribution in [0.25, 0.3) is 6.08 Å². The van der Waals surface area contributed by atoms with Crippen molar-refractivity contribution in [2.45, 2.75) is 0 Å². The summed E-state index contributed by atoms with van der Waals surface area (Å²) in [4.78, 5) is 26.1. The number of thioether (sulfide) groups is 1. The van der Waals surface area contributed by atoms with Crippen molar-refractivity contribution in [1.29, 1.82) is 0 Å². The molecule has 116 valence electrons. The molecule has 1 aliphatic heterocycles. The van der Waals surface area contributed by atoms with Crippen molar-refractivity contribution >= 4 is 69.5 Å². The number of carbonyl (C=O) groups is 2. The topological polar surface area (TPSA) is 37.4 Å². The van der Waals surface area contributed by atoms with Gasteiger partial charge in [0, 0.05) is 20.6 Å². The van der Waals surface area contributed by atoms with Crippen LogP contribution in [-0.4, -0.2) is 11.1 Å². The van der Waals surface area contributed by atoms with E-state index >= 15 is 0 Å². The van der Waals surface area contributed by atoms with Crippen LogP contribution in [0.4, 0.5) is 10.5 Å². The van der Waals surface area contributed by atoms with E-state index in [0.29, 0.717) is 26.3 Å². The molecule has 1 saturated heterocycles. The number of hydrogen-bond donors (Lipinski definition) is 0. The van der Waals surface area contributed by atoms with Crippen molar-refractivity contribution in [3.8, 4) is 0 Å². The number of amides is 2. The highest BCUT2D eigenvalue weighted by atomic mass is 35.5. The van der Waals surface area contributed by atoms with E-state index in [0.717, 1.165) is 16.7 Å². The number of imide groups is 1. The summed E-state index contributed by atoms with van der Waals surface area (Å²) >= 11 is 19.0. The summed E-state index contributed by atoms with van der Waals surface area (Å²) in [6, 6.07) is 11.6. The molecule has 0 spiro atoms. The van der Waals surface area contributed by atoms with Gasteiger partial charge in [0.1, 0.15) is 0 Å². The molecular weight excluding hydrogens is 377 g/mol. The van der Waals surface area contributed by atoms with Gasteiger partial charge in [0.05, 0.1) is 10.6 Å². The van der Waals surface area contributed by atoms with Crippen LogP contribution in [0.2, 0.25) is 15.1 Å². The van der Waals surface area contributed by atoms with E-state index in [1.54, 1.807) is 42.5 Å². The van der Waals surface area contributed by atoms with E-state index in [1.807, 2.05) is 0 Å². The molecule has 3 nitrogen and oxygen atoms in total. The van der Waals surface area contributed by atoms with E-state index in [9.17, 15) is 9.59 Å². The molecule has 23 heavy (non-hydrogen) atoms. The van der Waals surface area contributed by atoms with E-state index < -0.39 is 11.1 Å². The van der Waals surface area contributed by atoms with Crippen LogP contribution in [0.5, 0.6) is 0 Å². The molecule has 0 N–H and O–H groups in total. The minimum Gasteiger partial charge on any atom is -0.268 e. The Morgan fingerprint density at radius 2 is 1.61 bits per heavy atom. The van der Waals surface area contributed by atoms with Crippen LogP contribution in [-0.2, 0) is 4.79 Å². The monoisotopic (exact) mass is 383 g/mol. The Morgan fingerprint density at radius 3 is 2.26 bits per heavy atom. The molecule has 2 amide bonds. The lowest BCUT2D eigenvalue weighted by molar-refractivity contribution is -0.113. The summed E-state index contributed by atoms with van der Waals surface area (Å²) in [6.45, 7) is 0. The Morgan fingerprint density at radius 1 is 0.957 bits per heavy atom. The third kappa shape index (κ3) is 3.26. The van der Waals surface area contributed by atoms with Crippen molar-refractivity contribution in [3.63, 3.8) is 0 Å². The lowest BCUT2D eigenvalue weighted by atomic mass is 10.2. The fourth-order valence-corrected chi connectivity index (χ4v) is 3.60. The molecule has 2 aromatic rings. The van der Waals surface area contributed by atoms with Crippen LogP contribution < -0.4 is 4.90 Å². The number of hydrogen-bond acceptors (Lipinski definition) is 3. The summed E-state index contributed by atoms with van der Waals surface area (Å²) in [5.74, 6) is -0.432. The Hall–Kier alpha value is -1.46. The molecule has 3 rings (SSSR count). The highest BCUT2D eigenvalue weighted by Gasteiger charge is 2.36. The minimum absolute atomic E-state index is 0.255. The van der Waals surface area contributed by atoms with E-state index in [-0.39, 0.29) is 4.91 Å². The summed E-state index contributed by atoms with van der Waals surface area (Å²) in [7, 11) is 0. The van der Waals surface area contributed by atoms with Gasteiger partial charge in [0.15, 0.2) is 0 Å². The molecule has 1 fully saturated rings. The van der Waals surface area contributed by atoms with Gasteiger partial charge in [-0.15, -0.1) is 0 Å². The Bertz CT molecular complexity index is 831. The van der Waals surface area contributed by atoms with Gasteiger partial charge in [-0.3, -0.25) is 9.59 Å². The van der Waals surface area contributed by atoms with Gasteiger partial charge in [0.2, 0.25) is 0 Å². The maximum absolute atomic E-state index is 12.5. The lowest BCUT2D eigenvalue weighted by Crippen LogP contribution is -2.27. The SMILES string of the molecule is O=C1S/C(=C\c2c(Cl)cccc2Cl)C(=O)N1c1cccc(Cl)c1. The van der Waals surface area contributed by atoms with Crippen LogP contribution in [0.1, 0.15) is 5.56 Å². The Kier molecular flexibility index (Phi) is 4.69. The van der Waals surface area contributed by atoms with Crippen LogP contribution in [0.15, 0.2) is 47.4 Å². The average Bonchev–Trinajstić information content (AvgIpc) is 2.77. The summed E-state index contributed by atoms with van der Waals surface area (Å²) in [6.07, 6.45) is 1.53. The zero-order valence-electron chi connectivity index (χ0n) is 11.4. The second kappa shape index (κ2) is 6.57. The molecule has 0 atom stereocenters. The molecule has 0 bridgehead atoms. The highest BCUT2D eigenvalue weighted by molar-refractivity contribution is 8.19. The smallest absolute Gasteiger partial charge is 0.268 e. The third-order valence-electron chi connectivity index (χ3n) is 3.14. The minimum atomic E-state index is -0.432. The second-order valence-corrected chi connectivity index (χ2v) is 6.88. The van der Waals surface area contributed by atoms with Crippen molar-refractivity contribution in [1.82, 2.24) is 0 Å². The molecule has 0 radical (unpaired) electrons. The first kappa shape index (κ1) is 16.4. The van der Waals surface area contributed by atoms with Gasteiger partial charge >= 0.3 is 0 Å². The van der Waals surface area contributed by atoms with E-state index in [2.05, 4.69) is 0 Å². The van der Waals surface area contributed by atoms with Gasteiger partial charge in [0.25, 0.3) is 11.1 Å². The number of halogens is 3. The van der Waals surface area contributed by atoms with Gasteiger partial charge in [-0.05, 0) is 48.2 Å². The number of benzene rings is 2. The average molecular weight is 385 g/mol. The third-order valence-corrected chi connectivity index (χ3v) is 4.90. The van der Waals surface area contributed by atoms with Gasteiger partial charge in [-0.1, -0.05) is 46.9 Å². The van der Waals surface area contributed by atoms with Crippen molar-refractivity contribution in [2.24, 2.45) is 0 Å². The molecule has 1 heterocycles. The molecule has 1 aliphatic rings. The first-order valence-corrected chi connectivity index (χ1v) is 8.40. The predicted octanol–water partition coefficient (Wildman–Crippen LogP) is 5.89. The van der Waals surface area contributed by atoms with Gasteiger partial charge in [-0.25, -0.2) is 4.90 Å². The van der Waals surface area contributed by atoms with Crippen LogP contribution in [0.3, 0.4) is 0 Å². The van der Waals surface area contributed by atoms with Crippen molar-refractivity contribution < 1.29 is 9.59 Å².